The van der Waals surface area contributed by atoms with Crippen LogP contribution in [0.4, 0.5) is 0 Å². The van der Waals surface area contributed by atoms with Gasteiger partial charge in [-0.25, -0.2) is 0 Å². The van der Waals surface area contributed by atoms with Gasteiger partial charge in [-0.05, 0) is 6.42 Å². The molecule has 0 saturated heterocycles. The van der Waals surface area contributed by atoms with Gasteiger partial charge < -0.3 is 4.52 Å². The number of alkyl halides is 1. The quantitative estimate of drug-likeness (QED) is 0.527. The normalized spacial score (nSPS) is 10.5. The largest absolute Gasteiger partial charge is 0.339 e. The maximum Gasteiger partial charge on any atom is 0.226 e. The van der Waals surface area contributed by atoms with Gasteiger partial charge in [0.2, 0.25) is 5.89 Å². The van der Waals surface area contributed by atoms with Crippen molar-refractivity contribution in [1.29, 1.82) is 0 Å². The minimum atomic E-state index is 0.331. The van der Waals surface area contributed by atoms with E-state index in [1.54, 1.807) is 0 Å². The Morgan fingerprint density at radius 3 is 2.83 bits per heavy atom. The maximum absolute atomic E-state index is 5.52. The molecule has 0 aliphatic rings. The van der Waals surface area contributed by atoms with Gasteiger partial charge in [0.15, 0.2) is 5.82 Å². The molecule has 0 bridgehead atoms. The minimum Gasteiger partial charge on any atom is -0.339 e. The molecule has 0 amide bonds. The van der Waals surface area contributed by atoms with E-state index in [1.165, 1.54) is 12.8 Å². The summed E-state index contributed by atoms with van der Waals surface area (Å²) in [7, 11) is 0. The molecule has 0 saturated carbocycles. The average Bonchev–Trinajstić information content (AvgIpc) is 2.53. The van der Waals surface area contributed by atoms with Gasteiger partial charge in [-0.3, -0.25) is 0 Å². The van der Waals surface area contributed by atoms with E-state index in [0.717, 1.165) is 12.8 Å². The molecule has 0 spiro atoms. The Morgan fingerprint density at radius 1 is 1.42 bits per heavy atom. The SMILES string of the molecule is CCCCCc1nc(CCl)no1. The van der Waals surface area contributed by atoms with Crippen LogP contribution in [0.15, 0.2) is 4.52 Å². The number of rotatable bonds is 5. The first-order valence-electron chi connectivity index (χ1n) is 4.24. The van der Waals surface area contributed by atoms with Crippen LogP contribution in [0, 0.1) is 0 Å². The van der Waals surface area contributed by atoms with Crippen LogP contribution in [0.5, 0.6) is 0 Å². The lowest BCUT2D eigenvalue weighted by molar-refractivity contribution is 0.370. The summed E-state index contributed by atoms with van der Waals surface area (Å²) in [6, 6.07) is 0. The molecule has 0 aliphatic carbocycles. The highest BCUT2D eigenvalue weighted by molar-refractivity contribution is 6.16. The highest BCUT2D eigenvalue weighted by Gasteiger charge is 2.03. The van der Waals surface area contributed by atoms with Gasteiger partial charge in [0.25, 0.3) is 0 Å². The first-order valence-corrected chi connectivity index (χ1v) is 4.77. The highest BCUT2D eigenvalue weighted by atomic mass is 35.5. The summed E-state index contributed by atoms with van der Waals surface area (Å²) in [6.07, 6.45) is 4.40. The number of nitrogens with zero attached hydrogens (tertiary/aromatic N) is 2. The zero-order valence-electron chi connectivity index (χ0n) is 7.22. The van der Waals surface area contributed by atoms with E-state index in [0.29, 0.717) is 17.6 Å². The Balaban J connectivity index is 2.31. The molecule has 0 unspecified atom stereocenters. The number of hydrogen-bond donors (Lipinski definition) is 0. The number of unbranched alkanes of at least 4 members (excludes halogenated alkanes) is 2. The molecule has 1 aromatic heterocycles. The fourth-order valence-electron chi connectivity index (χ4n) is 0.972. The summed E-state index contributed by atoms with van der Waals surface area (Å²) in [5, 5.41) is 3.70. The molecule has 1 rings (SSSR count). The van der Waals surface area contributed by atoms with Gasteiger partial charge >= 0.3 is 0 Å². The summed E-state index contributed by atoms with van der Waals surface area (Å²) < 4.78 is 4.96. The van der Waals surface area contributed by atoms with E-state index in [4.69, 9.17) is 16.1 Å². The van der Waals surface area contributed by atoms with Crippen molar-refractivity contribution < 1.29 is 4.52 Å². The Bertz CT molecular complexity index is 225. The molecule has 3 nitrogen and oxygen atoms in total. The summed E-state index contributed by atoms with van der Waals surface area (Å²) in [5.41, 5.74) is 0. The number of aryl methyl sites for hydroxylation is 1. The maximum atomic E-state index is 5.52. The predicted molar refractivity (Wildman–Crippen MR) is 47.1 cm³/mol. The lowest BCUT2D eigenvalue weighted by Gasteiger charge is -1.90. The summed E-state index contributed by atoms with van der Waals surface area (Å²) >= 11 is 5.52. The molecule has 0 radical (unpaired) electrons. The van der Waals surface area contributed by atoms with Crippen molar-refractivity contribution in [2.45, 2.75) is 38.5 Å². The van der Waals surface area contributed by atoms with E-state index >= 15 is 0 Å². The van der Waals surface area contributed by atoms with E-state index in [1.807, 2.05) is 0 Å². The smallest absolute Gasteiger partial charge is 0.226 e. The van der Waals surface area contributed by atoms with Crippen molar-refractivity contribution in [3.05, 3.63) is 11.7 Å². The molecule has 0 aromatic carbocycles. The van der Waals surface area contributed by atoms with Crippen molar-refractivity contribution >= 4 is 11.6 Å². The van der Waals surface area contributed by atoms with Gasteiger partial charge in [-0.2, -0.15) is 4.98 Å². The van der Waals surface area contributed by atoms with E-state index in [-0.39, 0.29) is 0 Å². The predicted octanol–water partition coefficient (Wildman–Crippen LogP) is 2.54. The molecule has 12 heavy (non-hydrogen) atoms. The second kappa shape index (κ2) is 5.14. The van der Waals surface area contributed by atoms with Crippen LogP contribution in [0.3, 0.4) is 0 Å². The van der Waals surface area contributed by atoms with Crippen LogP contribution in [0.1, 0.15) is 37.9 Å². The van der Waals surface area contributed by atoms with Crippen LogP contribution >= 0.6 is 11.6 Å². The van der Waals surface area contributed by atoms with Crippen molar-refractivity contribution in [3.8, 4) is 0 Å². The lowest BCUT2D eigenvalue weighted by atomic mass is 10.2. The number of halogens is 1. The molecule has 0 aliphatic heterocycles. The van der Waals surface area contributed by atoms with Gasteiger partial charge in [0.05, 0.1) is 5.88 Å². The van der Waals surface area contributed by atoms with Crippen molar-refractivity contribution in [3.63, 3.8) is 0 Å². The van der Waals surface area contributed by atoms with Gasteiger partial charge in [0.1, 0.15) is 0 Å². The molecule has 0 N–H and O–H groups in total. The van der Waals surface area contributed by atoms with Crippen molar-refractivity contribution in [2.24, 2.45) is 0 Å². The van der Waals surface area contributed by atoms with E-state index in [9.17, 15) is 0 Å². The van der Waals surface area contributed by atoms with E-state index in [2.05, 4.69) is 17.1 Å². The Kier molecular flexibility index (Phi) is 4.08. The molecular formula is C8H13ClN2O. The summed E-state index contributed by atoms with van der Waals surface area (Å²) in [4.78, 5) is 4.09. The topological polar surface area (TPSA) is 38.9 Å². The molecular weight excluding hydrogens is 176 g/mol. The Labute approximate surface area is 77.1 Å². The number of hydrogen-bond acceptors (Lipinski definition) is 3. The average molecular weight is 189 g/mol. The third-order valence-corrected chi connectivity index (χ3v) is 1.86. The second-order valence-corrected chi connectivity index (χ2v) is 2.96. The molecule has 1 heterocycles. The third kappa shape index (κ3) is 2.81. The molecule has 0 fully saturated rings. The van der Waals surface area contributed by atoms with Crippen LogP contribution in [-0.4, -0.2) is 10.1 Å². The molecule has 0 atom stereocenters. The highest BCUT2D eigenvalue weighted by Crippen LogP contribution is 2.05. The van der Waals surface area contributed by atoms with Gasteiger partial charge in [-0.15, -0.1) is 11.6 Å². The Morgan fingerprint density at radius 2 is 2.25 bits per heavy atom. The lowest BCUT2D eigenvalue weighted by Crippen LogP contribution is -1.86. The third-order valence-electron chi connectivity index (χ3n) is 1.62. The van der Waals surface area contributed by atoms with Crippen LogP contribution in [0.25, 0.3) is 0 Å². The fourth-order valence-corrected chi connectivity index (χ4v) is 1.08. The minimum absolute atomic E-state index is 0.331. The summed E-state index contributed by atoms with van der Waals surface area (Å²) in [5.74, 6) is 1.62. The van der Waals surface area contributed by atoms with Crippen LogP contribution in [0.2, 0.25) is 0 Å². The van der Waals surface area contributed by atoms with E-state index < -0.39 is 0 Å². The monoisotopic (exact) mass is 188 g/mol. The zero-order valence-corrected chi connectivity index (χ0v) is 7.97. The Hall–Kier alpha value is -0.570. The zero-order chi connectivity index (χ0) is 8.81. The van der Waals surface area contributed by atoms with Crippen LogP contribution in [-0.2, 0) is 12.3 Å². The van der Waals surface area contributed by atoms with Crippen molar-refractivity contribution in [1.82, 2.24) is 10.1 Å². The van der Waals surface area contributed by atoms with Crippen LogP contribution < -0.4 is 0 Å². The number of aromatic nitrogens is 2. The first-order chi connectivity index (χ1) is 5.86. The second-order valence-electron chi connectivity index (χ2n) is 2.70. The van der Waals surface area contributed by atoms with Crippen molar-refractivity contribution in [2.75, 3.05) is 0 Å². The molecule has 1 aromatic rings. The first kappa shape index (κ1) is 9.52. The molecule has 68 valence electrons. The summed E-state index contributed by atoms with van der Waals surface area (Å²) in [6.45, 7) is 2.16. The fraction of sp³-hybridized carbons (Fsp3) is 0.750. The standard InChI is InChI=1S/C8H13ClN2O/c1-2-3-4-5-8-10-7(6-9)11-12-8/h2-6H2,1H3. The van der Waals surface area contributed by atoms with Gasteiger partial charge in [0, 0.05) is 6.42 Å². The van der Waals surface area contributed by atoms with Gasteiger partial charge in [-0.1, -0.05) is 24.9 Å². The molecule has 4 heteroatoms.